The van der Waals surface area contributed by atoms with Gasteiger partial charge in [0.1, 0.15) is 5.82 Å². The highest BCUT2D eigenvalue weighted by atomic mass is 35.5. The third-order valence-electron chi connectivity index (χ3n) is 3.07. The molecule has 0 N–H and O–H groups in total. The molecule has 0 bridgehead atoms. The molecule has 2 aromatic heterocycles. The van der Waals surface area contributed by atoms with Crippen LogP contribution in [0.4, 0.5) is 0 Å². The first kappa shape index (κ1) is 13.6. The average molecular weight is 283 g/mol. The lowest BCUT2D eigenvalue weighted by molar-refractivity contribution is 0.509. The zero-order chi connectivity index (χ0) is 14.3. The number of hydrogen-bond donors (Lipinski definition) is 0. The lowest BCUT2D eigenvalue weighted by atomic mass is 10.2. The summed E-state index contributed by atoms with van der Waals surface area (Å²) < 4.78 is 3.71. The number of hydrogen-bond acceptors (Lipinski definition) is 3. The molecule has 0 atom stereocenters. The van der Waals surface area contributed by atoms with Gasteiger partial charge in [-0.25, -0.2) is 23.9 Å². The van der Waals surface area contributed by atoms with Gasteiger partial charge >= 0.3 is 11.4 Å². The quantitative estimate of drug-likeness (QED) is 0.826. The summed E-state index contributed by atoms with van der Waals surface area (Å²) in [5, 5.41) is 0.515. The molecule has 0 unspecified atom stereocenters. The van der Waals surface area contributed by atoms with E-state index in [-0.39, 0.29) is 0 Å². The normalized spacial score (nSPS) is 11.0. The van der Waals surface area contributed by atoms with Crippen LogP contribution in [0.15, 0.2) is 15.7 Å². The Hall–Kier alpha value is -1.82. The van der Waals surface area contributed by atoms with E-state index in [9.17, 15) is 9.59 Å². The van der Waals surface area contributed by atoms with Gasteiger partial charge in [-0.2, -0.15) is 4.57 Å². The van der Waals surface area contributed by atoms with Gasteiger partial charge in [0, 0.05) is 13.6 Å². The summed E-state index contributed by atoms with van der Waals surface area (Å²) in [6.45, 7) is 5.72. The van der Waals surface area contributed by atoms with Crippen molar-refractivity contribution >= 4 is 11.6 Å². The maximum absolute atomic E-state index is 12.2. The Morgan fingerprint density at radius 2 is 1.89 bits per heavy atom. The summed E-state index contributed by atoms with van der Waals surface area (Å²) in [4.78, 5) is 28.6. The first-order valence-electron chi connectivity index (χ1n) is 5.91. The van der Waals surface area contributed by atoms with Crippen molar-refractivity contribution in [2.75, 3.05) is 0 Å². The fraction of sp³-hybridized carbons (Fsp3) is 0.417. The molecule has 6 nitrogen and oxygen atoms in total. The molecular weight excluding hydrogens is 268 g/mol. The molecule has 102 valence electrons. The lowest BCUT2D eigenvalue weighted by Gasteiger charge is -2.06. The van der Waals surface area contributed by atoms with Crippen molar-refractivity contribution in [1.29, 1.82) is 0 Å². The number of aryl methyl sites for hydroxylation is 2. The fourth-order valence-corrected chi connectivity index (χ4v) is 2.19. The van der Waals surface area contributed by atoms with E-state index in [0.29, 0.717) is 28.6 Å². The third kappa shape index (κ3) is 2.02. The van der Waals surface area contributed by atoms with Crippen molar-refractivity contribution in [1.82, 2.24) is 18.9 Å². The van der Waals surface area contributed by atoms with E-state index in [1.807, 2.05) is 0 Å². The van der Waals surface area contributed by atoms with Gasteiger partial charge in [-0.05, 0) is 32.4 Å². The highest BCUT2D eigenvalue weighted by molar-refractivity contribution is 6.31. The zero-order valence-electron chi connectivity index (χ0n) is 11.3. The minimum atomic E-state index is -0.413. The second-order valence-corrected chi connectivity index (χ2v) is 4.74. The van der Waals surface area contributed by atoms with E-state index in [4.69, 9.17) is 11.6 Å². The SMILES string of the molecule is CCn1c(=O)n(-c2nc(C)c(Cl)cc2C)c(=O)n1C. The molecule has 0 aliphatic heterocycles. The Morgan fingerprint density at radius 3 is 2.42 bits per heavy atom. The van der Waals surface area contributed by atoms with Gasteiger partial charge in [0.25, 0.3) is 0 Å². The second-order valence-electron chi connectivity index (χ2n) is 4.34. The predicted molar refractivity (Wildman–Crippen MR) is 73.2 cm³/mol. The van der Waals surface area contributed by atoms with E-state index in [1.54, 1.807) is 33.9 Å². The average Bonchev–Trinajstić information content (AvgIpc) is 2.56. The highest BCUT2D eigenvalue weighted by Gasteiger charge is 2.17. The van der Waals surface area contributed by atoms with E-state index < -0.39 is 11.4 Å². The predicted octanol–water partition coefficient (Wildman–Crippen LogP) is 1.02. The zero-order valence-corrected chi connectivity index (χ0v) is 12.0. The molecule has 19 heavy (non-hydrogen) atoms. The fourth-order valence-electron chi connectivity index (χ4n) is 1.99. The largest absolute Gasteiger partial charge is 0.353 e. The Bertz CT molecular complexity index is 754. The minimum Gasteiger partial charge on any atom is -0.245 e. The molecule has 0 saturated carbocycles. The molecule has 0 aliphatic rings. The summed E-state index contributed by atoms with van der Waals surface area (Å²) in [6.07, 6.45) is 0. The van der Waals surface area contributed by atoms with Crippen LogP contribution in [-0.2, 0) is 13.6 Å². The van der Waals surface area contributed by atoms with Crippen LogP contribution in [0.5, 0.6) is 0 Å². The molecule has 0 radical (unpaired) electrons. The molecule has 0 aliphatic carbocycles. The lowest BCUT2D eigenvalue weighted by Crippen LogP contribution is -2.29. The monoisotopic (exact) mass is 282 g/mol. The summed E-state index contributed by atoms with van der Waals surface area (Å²) >= 11 is 5.98. The number of aromatic nitrogens is 4. The van der Waals surface area contributed by atoms with Gasteiger partial charge in [-0.15, -0.1) is 0 Å². The Kier molecular flexibility index (Phi) is 3.36. The molecule has 2 aromatic rings. The Balaban J connectivity index is 2.84. The molecule has 2 rings (SSSR count). The van der Waals surface area contributed by atoms with Crippen LogP contribution >= 0.6 is 11.6 Å². The van der Waals surface area contributed by atoms with Crippen molar-refractivity contribution in [2.24, 2.45) is 7.05 Å². The topological polar surface area (TPSA) is 61.8 Å². The first-order chi connectivity index (χ1) is 8.88. The van der Waals surface area contributed by atoms with Crippen LogP contribution < -0.4 is 11.4 Å². The van der Waals surface area contributed by atoms with Gasteiger partial charge in [0.2, 0.25) is 0 Å². The van der Waals surface area contributed by atoms with E-state index in [0.717, 1.165) is 4.57 Å². The highest BCUT2D eigenvalue weighted by Crippen LogP contribution is 2.18. The van der Waals surface area contributed by atoms with Gasteiger partial charge in [0.05, 0.1) is 10.7 Å². The summed E-state index contributed by atoms with van der Waals surface area (Å²) in [6, 6.07) is 1.70. The van der Waals surface area contributed by atoms with Crippen LogP contribution in [0.3, 0.4) is 0 Å². The smallest absolute Gasteiger partial charge is 0.245 e. The molecular formula is C12H15ClN4O2. The van der Waals surface area contributed by atoms with Crippen LogP contribution in [0.1, 0.15) is 18.2 Å². The van der Waals surface area contributed by atoms with Crippen LogP contribution in [-0.4, -0.2) is 18.9 Å². The third-order valence-corrected chi connectivity index (χ3v) is 3.45. The molecule has 0 amide bonds. The van der Waals surface area contributed by atoms with Crippen LogP contribution in [0.2, 0.25) is 5.02 Å². The standard InChI is InChI=1S/C12H15ClN4O2/c1-5-16-12(19)17(11(18)15(16)4)10-7(2)6-9(13)8(3)14-10/h6H,5H2,1-4H3. The molecule has 7 heteroatoms. The van der Waals surface area contributed by atoms with Crippen molar-refractivity contribution in [3.8, 4) is 5.82 Å². The van der Waals surface area contributed by atoms with Gasteiger partial charge in [-0.3, -0.25) is 0 Å². The number of pyridine rings is 1. The molecule has 0 saturated heterocycles. The van der Waals surface area contributed by atoms with Gasteiger partial charge in [-0.1, -0.05) is 11.6 Å². The second kappa shape index (κ2) is 4.70. The van der Waals surface area contributed by atoms with Gasteiger partial charge in [0.15, 0.2) is 0 Å². The Morgan fingerprint density at radius 1 is 1.26 bits per heavy atom. The molecule has 0 spiro atoms. The number of halogens is 1. The summed E-state index contributed by atoms with van der Waals surface area (Å²) in [5.41, 5.74) is 0.459. The van der Waals surface area contributed by atoms with Crippen LogP contribution in [0.25, 0.3) is 5.82 Å². The maximum Gasteiger partial charge on any atom is 0.353 e. The summed E-state index contributed by atoms with van der Waals surface area (Å²) in [5.74, 6) is 0.333. The van der Waals surface area contributed by atoms with Gasteiger partial charge < -0.3 is 0 Å². The first-order valence-corrected chi connectivity index (χ1v) is 6.29. The van der Waals surface area contributed by atoms with Crippen molar-refractivity contribution < 1.29 is 0 Å². The van der Waals surface area contributed by atoms with E-state index >= 15 is 0 Å². The molecule has 0 aromatic carbocycles. The van der Waals surface area contributed by atoms with Crippen molar-refractivity contribution in [2.45, 2.75) is 27.3 Å². The maximum atomic E-state index is 12.2. The molecule has 0 fully saturated rings. The van der Waals surface area contributed by atoms with Crippen LogP contribution in [0, 0.1) is 13.8 Å². The van der Waals surface area contributed by atoms with Crippen molar-refractivity contribution in [3.05, 3.63) is 43.3 Å². The van der Waals surface area contributed by atoms with Crippen molar-refractivity contribution in [3.63, 3.8) is 0 Å². The Labute approximate surface area is 114 Å². The van der Waals surface area contributed by atoms with E-state index in [1.165, 1.54) is 9.36 Å². The number of rotatable bonds is 2. The van der Waals surface area contributed by atoms with E-state index in [2.05, 4.69) is 4.98 Å². The minimum absolute atomic E-state index is 0.333. The summed E-state index contributed by atoms with van der Waals surface area (Å²) in [7, 11) is 1.56. The number of nitrogens with zero attached hydrogens (tertiary/aromatic N) is 4. The molecule has 2 heterocycles.